The summed E-state index contributed by atoms with van der Waals surface area (Å²) in [4.78, 5) is 16.5. The van der Waals surface area contributed by atoms with E-state index in [1.165, 1.54) is 0 Å². The number of aromatic nitrogens is 2. The zero-order valence-corrected chi connectivity index (χ0v) is 13.0. The minimum atomic E-state index is -0.306. The van der Waals surface area contributed by atoms with Crippen molar-refractivity contribution < 1.29 is 19.2 Å². The van der Waals surface area contributed by atoms with Crippen molar-refractivity contribution in [2.45, 2.75) is 31.9 Å². The number of ether oxygens (including phenoxy) is 1. The van der Waals surface area contributed by atoms with Crippen LogP contribution in [-0.2, 0) is 0 Å². The second kappa shape index (κ2) is 6.37. The summed E-state index contributed by atoms with van der Waals surface area (Å²) in [5.74, 6) is 0.956. The highest BCUT2D eigenvalue weighted by Gasteiger charge is 2.36. The van der Waals surface area contributed by atoms with E-state index in [1.54, 1.807) is 32.4 Å². The predicted molar refractivity (Wildman–Crippen MR) is 81.0 cm³/mol. The maximum absolute atomic E-state index is 12.3. The van der Waals surface area contributed by atoms with E-state index < -0.39 is 0 Å². The third-order valence-corrected chi connectivity index (χ3v) is 4.10. The summed E-state index contributed by atoms with van der Waals surface area (Å²) in [6, 6.07) is 4.98. The minimum absolute atomic E-state index is 0.164. The predicted octanol–water partition coefficient (Wildman–Crippen LogP) is 1.63. The topological polar surface area (TPSA) is 97.5 Å². The molecule has 1 aliphatic rings. The molecule has 1 atom stereocenters. The number of carbonyl (C=O) groups is 1. The first-order valence-electron chi connectivity index (χ1n) is 7.49. The van der Waals surface area contributed by atoms with Crippen molar-refractivity contribution in [1.82, 2.24) is 15.5 Å². The van der Waals surface area contributed by atoms with E-state index in [4.69, 9.17) is 9.26 Å². The van der Waals surface area contributed by atoms with Crippen LogP contribution in [0.2, 0.25) is 0 Å². The Balaban J connectivity index is 1.79. The van der Waals surface area contributed by atoms with Crippen LogP contribution < -0.4 is 10.1 Å². The van der Waals surface area contributed by atoms with Gasteiger partial charge in [0.25, 0.3) is 5.91 Å². The van der Waals surface area contributed by atoms with Gasteiger partial charge in [-0.05, 0) is 31.2 Å². The van der Waals surface area contributed by atoms with Crippen LogP contribution in [0.5, 0.6) is 5.88 Å². The normalized spacial score (nSPS) is 21.3. The zero-order chi connectivity index (χ0) is 16.4. The molecule has 2 aromatic rings. The Morgan fingerprint density at radius 1 is 1.48 bits per heavy atom. The van der Waals surface area contributed by atoms with Crippen LogP contribution in [-0.4, -0.2) is 34.4 Å². The Bertz CT molecular complexity index is 677. The number of hydrogen-bond donors (Lipinski definition) is 2. The van der Waals surface area contributed by atoms with E-state index in [1.807, 2.05) is 6.07 Å². The Labute approximate surface area is 133 Å². The Morgan fingerprint density at radius 3 is 2.78 bits per heavy atom. The van der Waals surface area contributed by atoms with Crippen molar-refractivity contribution in [2.24, 2.45) is 5.92 Å². The van der Waals surface area contributed by atoms with Crippen LogP contribution >= 0.6 is 0 Å². The third kappa shape index (κ3) is 3.34. The summed E-state index contributed by atoms with van der Waals surface area (Å²) in [7, 11) is 1.55. The SMILES string of the molecule is COc1ccc([C@@H](NC(=O)c2cc(C)on2)C2CC(O)C2)cn1. The molecule has 0 radical (unpaired) electrons. The molecule has 0 aromatic carbocycles. The summed E-state index contributed by atoms with van der Waals surface area (Å²) in [6.07, 6.45) is 2.67. The van der Waals surface area contributed by atoms with E-state index >= 15 is 0 Å². The van der Waals surface area contributed by atoms with Crippen LogP contribution in [0.3, 0.4) is 0 Å². The Kier molecular flexibility index (Phi) is 4.29. The number of carbonyl (C=O) groups excluding carboxylic acids is 1. The highest BCUT2D eigenvalue weighted by molar-refractivity contribution is 5.92. The van der Waals surface area contributed by atoms with Gasteiger partial charge in [-0.2, -0.15) is 0 Å². The van der Waals surface area contributed by atoms with E-state index in [0.717, 1.165) is 5.56 Å². The minimum Gasteiger partial charge on any atom is -0.481 e. The number of amides is 1. The molecule has 23 heavy (non-hydrogen) atoms. The fraction of sp³-hybridized carbons (Fsp3) is 0.438. The third-order valence-electron chi connectivity index (χ3n) is 4.10. The van der Waals surface area contributed by atoms with Crippen molar-refractivity contribution in [3.8, 4) is 5.88 Å². The summed E-state index contributed by atoms with van der Waals surface area (Å²) < 4.78 is 10.0. The Morgan fingerprint density at radius 2 is 2.26 bits per heavy atom. The van der Waals surface area contributed by atoms with Gasteiger partial charge in [0.2, 0.25) is 5.88 Å². The standard InChI is InChI=1S/C16H19N3O4/c1-9-5-13(19-23-9)16(21)18-15(11-6-12(20)7-11)10-3-4-14(22-2)17-8-10/h3-5,8,11-12,15,20H,6-7H2,1-2H3,(H,18,21)/t11?,12?,15-/m1/s1. The molecule has 122 valence electrons. The van der Waals surface area contributed by atoms with Crippen molar-refractivity contribution in [3.63, 3.8) is 0 Å². The molecule has 0 unspecified atom stereocenters. The molecule has 0 bridgehead atoms. The molecule has 2 aromatic heterocycles. The number of aliphatic hydroxyl groups excluding tert-OH is 1. The van der Waals surface area contributed by atoms with Crippen LogP contribution in [0, 0.1) is 12.8 Å². The van der Waals surface area contributed by atoms with Crippen molar-refractivity contribution in [2.75, 3.05) is 7.11 Å². The lowest BCUT2D eigenvalue weighted by Crippen LogP contribution is -2.41. The molecule has 7 nitrogen and oxygen atoms in total. The van der Waals surface area contributed by atoms with Crippen LogP contribution in [0.15, 0.2) is 28.9 Å². The molecule has 7 heteroatoms. The first kappa shape index (κ1) is 15.5. The maximum Gasteiger partial charge on any atom is 0.273 e. The maximum atomic E-state index is 12.3. The number of pyridine rings is 1. The first-order valence-corrected chi connectivity index (χ1v) is 7.49. The molecular weight excluding hydrogens is 298 g/mol. The molecule has 0 spiro atoms. The first-order chi connectivity index (χ1) is 11.1. The van der Waals surface area contributed by atoms with Gasteiger partial charge in [0.15, 0.2) is 5.69 Å². The van der Waals surface area contributed by atoms with Crippen LogP contribution in [0.25, 0.3) is 0 Å². The van der Waals surface area contributed by atoms with Gasteiger partial charge >= 0.3 is 0 Å². The van der Waals surface area contributed by atoms with Gasteiger partial charge in [0.05, 0.1) is 19.3 Å². The van der Waals surface area contributed by atoms with E-state index in [9.17, 15) is 9.90 Å². The lowest BCUT2D eigenvalue weighted by atomic mass is 9.75. The zero-order valence-electron chi connectivity index (χ0n) is 13.0. The lowest BCUT2D eigenvalue weighted by molar-refractivity contribution is 0.0233. The molecule has 0 saturated heterocycles. The highest BCUT2D eigenvalue weighted by atomic mass is 16.5. The summed E-state index contributed by atoms with van der Waals surface area (Å²) in [6.45, 7) is 1.73. The monoisotopic (exact) mass is 317 g/mol. The number of hydrogen-bond acceptors (Lipinski definition) is 6. The van der Waals surface area contributed by atoms with Gasteiger partial charge in [-0.15, -0.1) is 0 Å². The van der Waals surface area contributed by atoms with Gasteiger partial charge in [-0.3, -0.25) is 4.79 Å². The lowest BCUT2D eigenvalue weighted by Gasteiger charge is -2.38. The van der Waals surface area contributed by atoms with E-state index in [0.29, 0.717) is 24.5 Å². The Hall–Kier alpha value is -2.41. The van der Waals surface area contributed by atoms with Gasteiger partial charge in [-0.1, -0.05) is 11.2 Å². The second-order valence-corrected chi connectivity index (χ2v) is 5.79. The van der Waals surface area contributed by atoms with E-state index in [2.05, 4.69) is 15.5 Å². The molecule has 2 heterocycles. The quantitative estimate of drug-likeness (QED) is 0.870. The summed E-state index contributed by atoms with van der Waals surface area (Å²) >= 11 is 0. The molecule has 1 saturated carbocycles. The van der Waals surface area contributed by atoms with Crippen LogP contribution in [0.4, 0.5) is 0 Å². The number of methoxy groups -OCH3 is 1. The fourth-order valence-electron chi connectivity index (χ4n) is 2.76. The molecule has 1 amide bonds. The number of aliphatic hydroxyl groups is 1. The molecule has 1 aliphatic carbocycles. The van der Waals surface area contributed by atoms with Gasteiger partial charge in [0.1, 0.15) is 5.76 Å². The van der Waals surface area contributed by atoms with E-state index in [-0.39, 0.29) is 29.7 Å². The van der Waals surface area contributed by atoms with Gasteiger partial charge in [0, 0.05) is 18.3 Å². The second-order valence-electron chi connectivity index (χ2n) is 5.79. The van der Waals surface area contributed by atoms with Crippen molar-refractivity contribution in [1.29, 1.82) is 0 Å². The van der Waals surface area contributed by atoms with Crippen LogP contribution in [0.1, 0.15) is 40.7 Å². The largest absolute Gasteiger partial charge is 0.481 e. The number of aryl methyl sites for hydroxylation is 1. The molecule has 2 N–H and O–H groups in total. The average Bonchev–Trinajstić information content (AvgIpc) is 2.96. The smallest absolute Gasteiger partial charge is 0.273 e. The molecule has 3 rings (SSSR count). The number of nitrogens with one attached hydrogen (secondary N) is 1. The molecular formula is C16H19N3O4. The van der Waals surface area contributed by atoms with Crippen molar-refractivity contribution in [3.05, 3.63) is 41.4 Å². The number of rotatable bonds is 5. The van der Waals surface area contributed by atoms with Gasteiger partial charge in [-0.25, -0.2) is 4.98 Å². The average molecular weight is 317 g/mol. The van der Waals surface area contributed by atoms with Crippen molar-refractivity contribution >= 4 is 5.91 Å². The highest BCUT2D eigenvalue weighted by Crippen LogP contribution is 2.38. The fourth-order valence-corrected chi connectivity index (χ4v) is 2.76. The molecule has 0 aliphatic heterocycles. The van der Waals surface area contributed by atoms with Gasteiger partial charge < -0.3 is 19.7 Å². The number of nitrogens with zero attached hydrogens (tertiary/aromatic N) is 2. The molecule has 1 fully saturated rings. The summed E-state index contributed by atoms with van der Waals surface area (Å²) in [5.41, 5.74) is 1.12. The summed E-state index contributed by atoms with van der Waals surface area (Å²) in [5, 5.41) is 16.3.